The summed E-state index contributed by atoms with van der Waals surface area (Å²) >= 11 is 0. The standard InChI is InChI=1S/C20H29N3O5/c1-3-26-20(25)23-8-6-16(7-9-23)21-19(24)14-22(2)13-15-4-5-17-18(12-15)28-11-10-27-17/h4-5,12,16H,3,6-11,13-14H2,1-2H3,(H,21,24). The molecule has 28 heavy (non-hydrogen) atoms. The maximum Gasteiger partial charge on any atom is 0.409 e. The number of fused-ring (bicyclic) bond motifs is 1. The summed E-state index contributed by atoms with van der Waals surface area (Å²) in [6.45, 7) is 5.48. The lowest BCUT2D eigenvalue weighted by Crippen LogP contribution is -2.48. The van der Waals surface area contributed by atoms with Gasteiger partial charge in [0.1, 0.15) is 13.2 Å². The van der Waals surface area contributed by atoms with Gasteiger partial charge in [-0.1, -0.05) is 6.07 Å². The lowest BCUT2D eigenvalue weighted by atomic mass is 10.1. The molecular weight excluding hydrogens is 362 g/mol. The van der Waals surface area contributed by atoms with E-state index in [0.29, 0.717) is 46.0 Å². The van der Waals surface area contributed by atoms with Crippen molar-refractivity contribution in [1.29, 1.82) is 0 Å². The zero-order chi connectivity index (χ0) is 19.9. The first-order chi connectivity index (χ1) is 13.5. The summed E-state index contributed by atoms with van der Waals surface area (Å²) in [6, 6.07) is 5.97. The zero-order valence-corrected chi connectivity index (χ0v) is 16.6. The van der Waals surface area contributed by atoms with Gasteiger partial charge in [-0.3, -0.25) is 9.69 Å². The first kappa shape index (κ1) is 20.3. The van der Waals surface area contributed by atoms with Crippen LogP contribution in [0, 0.1) is 0 Å². The highest BCUT2D eigenvalue weighted by molar-refractivity contribution is 5.78. The van der Waals surface area contributed by atoms with Gasteiger partial charge < -0.3 is 24.4 Å². The van der Waals surface area contributed by atoms with Crippen molar-refractivity contribution in [2.45, 2.75) is 32.4 Å². The molecule has 1 saturated heterocycles. The molecule has 0 bridgehead atoms. The van der Waals surface area contributed by atoms with E-state index in [2.05, 4.69) is 5.32 Å². The average Bonchev–Trinajstić information content (AvgIpc) is 2.68. The van der Waals surface area contributed by atoms with Crippen LogP contribution in [0.15, 0.2) is 18.2 Å². The zero-order valence-electron chi connectivity index (χ0n) is 16.6. The average molecular weight is 391 g/mol. The molecule has 8 heteroatoms. The molecule has 0 radical (unpaired) electrons. The van der Waals surface area contributed by atoms with Crippen molar-refractivity contribution in [3.8, 4) is 11.5 Å². The molecule has 2 aliphatic heterocycles. The van der Waals surface area contributed by atoms with Crippen LogP contribution < -0.4 is 14.8 Å². The molecule has 0 aromatic heterocycles. The molecule has 0 saturated carbocycles. The molecule has 0 unspecified atom stereocenters. The van der Waals surface area contributed by atoms with E-state index in [9.17, 15) is 9.59 Å². The van der Waals surface area contributed by atoms with Crippen molar-refractivity contribution in [3.63, 3.8) is 0 Å². The molecule has 1 aromatic rings. The minimum absolute atomic E-state index is 0.00497. The third-order valence-corrected chi connectivity index (χ3v) is 4.86. The van der Waals surface area contributed by atoms with Crippen LogP contribution >= 0.6 is 0 Å². The highest BCUT2D eigenvalue weighted by Crippen LogP contribution is 2.31. The number of carbonyl (C=O) groups excluding carboxylic acids is 2. The number of benzene rings is 1. The maximum absolute atomic E-state index is 12.4. The molecule has 1 fully saturated rings. The summed E-state index contributed by atoms with van der Waals surface area (Å²) in [5.41, 5.74) is 1.07. The molecule has 1 aromatic carbocycles. The number of nitrogens with zero attached hydrogens (tertiary/aromatic N) is 2. The summed E-state index contributed by atoms with van der Waals surface area (Å²) in [5, 5.41) is 3.07. The molecule has 3 rings (SSSR count). The smallest absolute Gasteiger partial charge is 0.409 e. The number of hydrogen-bond donors (Lipinski definition) is 1. The van der Waals surface area contributed by atoms with Crippen molar-refractivity contribution >= 4 is 12.0 Å². The van der Waals surface area contributed by atoms with Gasteiger partial charge in [0.05, 0.1) is 13.2 Å². The van der Waals surface area contributed by atoms with Gasteiger partial charge in [-0.15, -0.1) is 0 Å². The normalized spacial score (nSPS) is 16.8. The monoisotopic (exact) mass is 391 g/mol. The second-order valence-electron chi connectivity index (χ2n) is 7.18. The number of nitrogens with one attached hydrogen (secondary N) is 1. The molecule has 2 heterocycles. The lowest BCUT2D eigenvalue weighted by Gasteiger charge is -2.32. The van der Waals surface area contributed by atoms with Crippen LogP contribution in [0.25, 0.3) is 0 Å². The Labute approximate surface area is 165 Å². The second-order valence-corrected chi connectivity index (χ2v) is 7.18. The van der Waals surface area contributed by atoms with Crippen LogP contribution in [-0.4, -0.2) is 74.3 Å². The van der Waals surface area contributed by atoms with Crippen molar-refractivity contribution in [2.75, 3.05) is 46.5 Å². The van der Waals surface area contributed by atoms with Crippen LogP contribution in [0.4, 0.5) is 4.79 Å². The Morgan fingerprint density at radius 2 is 1.93 bits per heavy atom. The van der Waals surface area contributed by atoms with Crippen LogP contribution in [0.2, 0.25) is 0 Å². The van der Waals surface area contributed by atoms with Gasteiger partial charge in [0, 0.05) is 25.7 Å². The molecule has 0 atom stereocenters. The predicted molar refractivity (Wildman–Crippen MR) is 104 cm³/mol. The first-order valence-corrected chi connectivity index (χ1v) is 9.83. The Hall–Kier alpha value is -2.48. The van der Waals surface area contributed by atoms with Crippen LogP contribution in [0.5, 0.6) is 11.5 Å². The number of likely N-dealkylation sites (N-methyl/N-ethyl adjacent to an activating group) is 1. The Balaban J connectivity index is 1.41. The van der Waals surface area contributed by atoms with E-state index in [4.69, 9.17) is 14.2 Å². The number of ether oxygens (including phenoxy) is 3. The number of piperidine rings is 1. The predicted octanol–water partition coefficient (Wildman–Crippen LogP) is 1.63. The molecule has 1 N–H and O–H groups in total. The van der Waals surface area contributed by atoms with Crippen LogP contribution in [0.3, 0.4) is 0 Å². The van der Waals surface area contributed by atoms with Gasteiger partial charge in [-0.05, 0) is 44.5 Å². The van der Waals surface area contributed by atoms with Crippen molar-refractivity contribution in [2.24, 2.45) is 0 Å². The number of amides is 2. The van der Waals surface area contributed by atoms with Gasteiger partial charge in [-0.2, -0.15) is 0 Å². The minimum atomic E-state index is -0.272. The van der Waals surface area contributed by atoms with Crippen molar-refractivity contribution < 1.29 is 23.8 Å². The summed E-state index contributed by atoms with van der Waals surface area (Å²) < 4.78 is 16.2. The van der Waals surface area contributed by atoms with E-state index < -0.39 is 0 Å². The first-order valence-electron chi connectivity index (χ1n) is 9.83. The fourth-order valence-corrected chi connectivity index (χ4v) is 3.49. The number of carbonyl (C=O) groups is 2. The SMILES string of the molecule is CCOC(=O)N1CCC(NC(=O)CN(C)Cc2ccc3c(c2)OCCO3)CC1. The summed E-state index contributed by atoms with van der Waals surface area (Å²) in [5.74, 6) is 1.52. The van der Waals surface area contributed by atoms with E-state index in [-0.39, 0.29) is 18.0 Å². The van der Waals surface area contributed by atoms with Gasteiger partial charge in [-0.25, -0.2) is 4.79 Å². The van der Waals surface area contributed by atoms with Crippen LogP contribution in [-0.2, 0) is 16.1 Å². The van der Waals surface area contributed by atoms with E-state index >= 15 is 0 Å². The highest BCUT2D eigenvalue weighted by Gasteiger charge is 2.24. The number of rotatable bonds is 6. The molecular formula is C20H29N3O5. The Morgan fingerprint density at radius 1 is 1.21 bits per heavy atom. The quantitative estimate of drug-likeness (QED) is 0.794. The Kier molecular flexibility index (Phi) is 6.97. The van der Waals surface area contributed by atoms with Gasteiger partial charge >= 0.3 is 6.09 Å². The highest BCUT2D eigenvalue weighted by atomic mass is 16.6. The van der Waals surface area contributed by atoms with Crippen molar-refractivity contribution in [3.05, 3.63) is 23.8 Å². The summed E-state index contributed by atoms with van der Waals surface area (Å²) in [6.07, 6.45) is 1.22. The molecule has 0 spiro atoms. The fourth-order valence-electron chi connectivity index (χ4n) is 3.49. The van der Waals surface area contributed by atoms with Gasteiger partial charge in [0.25, 0.3) is 0 Å². The Bertz CT molecular complexity index is 688. The topological polar surface area (TPSA) is 80.3 Å². The minimum Gasteiger partial charge on any atom is -0.486 e. The summed E-state index contributed by atoms with van der Waals surface area (Å²) in [4.78, 5) is 27.7. The van der Waals surface area contributed by atoms with E-state index in [1.807, 2.05) is 30.1 Å². The van der Waals surface area contributed by atoms with Crippen molar-refractivity contribution in [1.82, 2.24) is 15.1 Å². The van der Waals surface area contributed by atoms with E-state index in [0.717, 1.165) is 29.9 Å². The van der Waals surface area contributed by atoms with E-state index in [1.54, 1.807) is 11.8 Å². The third kappa shape index (κ3) is 5.51. The maximum atomic E-state index is 12.4. The number of hydrogen-bond acceptors (Lipinski definition) is 6. The Morgan fingerprint density at radius 3 is 2.64 bits per heavy atom. The largest absolute Gasteiger partial charge is 0.486 e. The fraction of sp³-hybridized carbons (Fsp3) is 0.600. The molecule has 154 valence electrons. The lowest BCUT2D eigenvalue weighted by molar-refractivity contribution is -0.123. The molecule has 0 aliphatic carbocycles. The molecule has 2 aliphatic rings. The van der Waals surface area contributed by atoms with E-state index in [1.165, 1.54) is 0 Å². The third-order valence-electron chi connectivity index (χ3n) is 4.86. The molecule has 2 amide bonds. The molecule has 8 nitrogen and oxygen atoms in total. The summed E-state index contributed by atoms with van der Waals surface area (Å²) in [7, 11) is 1.92. The van der Waals surface area contributed by atoms with Gasteiger partial charge in [0.2, 0.25) is 5.91 Å². The van der Waals surface area contributed by atoms with Crippen LogP contribution in [0.1, 0.15) is 25.3 Å². The van der Waals surface area contributed by atoms with Gasteiger partial charge in [0.15, 0.2) is 11.5 Å². The second kappa shape index (κ2) is 9.64. The number of likely N-dealkylation sites (tertiary alicyclic amines) is 1.